The fourth-order valence-electron chi connectivity index (χ4n) is 6.71. The molecule has 0 bridgehead atoms. The van der Waals surface area contributed by atoms with Crippen LogP contribution in [0.2, 0.25) is 0 Å². The molecule has 228 valence electrons. The van der Waals surface area contributed by atoms with Gasteiger partial charge in [0.1, 0.15) is 11.5 Å². The Morgan fingerprint density at radius 1 is 1.02 bits per heavy atom. The van der Waals surface area contributed by atoms with Crippen molar-refractivity contribution in [1.82, 2.24) is 9.80 Å². The quantitative estimate of drug-likeness (QED) is 0.406. The number of ether oxygens (including phenoxy) is 5. The lowest BCUT2D eigenvalue weighted by atomic mass is 9.66. The highest BCUT2D eigenvalue weighted by Crippen LogP contribution is 2.51. The first-order chi connectivity index (χ1) is 20.9. The van der Waals surface area contributed by atoms with Crippen molar-refractivity contribution in [2.24, 2.45) is 11.3 Å². The highest BCUT2D eigenvalue weighted by molar-refractivity contribution is 5.92. The van der Waals surface area contributed by atoms with E-state index in [1.165, 1.54) is 7.11 Å². The number of fused-ring (bicyclic) bond motifs is 2. The number of rotatable bonds is 9. The zero-order valence-corrected chi connectivity index (χ0v) is 24.7. The Balaban J connectivity index is 1.33. The number of benzene rings is 2. The number of carbonyl (C=O) groups excluding carboxylic acids is 3. The number of methoxy groups -OCH3 is 1. The van der Waals surface area contributed by atoms with E-state index in [0.717, 1.165) is 24.0 Å². The number of esters is 1. The molecule has 2 aromatic carbocycles. The molecule has 0 aliphatic carbocycles. The summed E-state index contributed by atoms with van der Waals surface area (Å²) in [4.78, 5) is 44.7. The third-order valence-corrected chi connectivity index (χ3v) is 8.95. The Morgan fingerprint density at radius 2 is 1.79 bits per heavy atom. The van der Waals surface area contributed by atoms with Crippen LogP contribution in [0.3, 0.4) is 0 Å². The van der Waals surface area contributed by atoms with E-state index in [1.807, 2.05) is 66.4 Å². The molecule has 10 nitrogen and oxygen atoms in total. The first kappa shape index (κ1) is 29.2. The summed E-state index contributed by atoms with van der Waals surface area (Å²) in [5.41, 5.74) is 1.09. The van der Waals surface area contributed by atoms with E-state index in [2.05, 4.69) is 0 Å². The van der Waals surface area contributed by atoms with Gasteiger partial charge in [-0.05, 0) is 55.5 Å². The van der Waals surface area contributed by atoms with Gasteiger partial charge in [0, 0.05) is 31.1 Å². The summed E-state index contributed by atoms with van der Waals surface area (Å²) in [6, 6.07) is 15.4. The van der Waals surface area contributed by atoms with E-state index in [1.54, 1.807) is 4.90 Å². The maximum Gasteiger partial charge on any atom is 0.320 e. The smallest absolute Gasteiger partial charge is 0.320 e. The van der Waals surface area contributed by atoms with Gasteiger partial charge in [-0.3, -0.25) is 14.4 Å². The fraction of sp³-hybridized carbons (Fsp3) is 0.485. The molecule has 2 aromatic rings. The summed E-state index contributed by atoms with van der Waals surface area (Å²) in [7, 11) is 1.35. The van der Waals surface area contributed by atoms with Gasteiger partial charge in [-0.15, -0.1) is 0 Å². The van der Waals surface area contributed by atoms with Gasteiger partial charge in [-0.25, -0.2) is 0 Å². The van der Waals surface area contributed by atoms with Crippen molar-refractivity contribution in [3.05, 3.63) is 71.4 Å². The number of nitrogens with zero attached hydrogens (tertiary/aromatic N) is 2. The topological polar surface area (TPSA) is 104 Å². The van der Waals surface area contributed by atoms with Crippen molar-refractivity contribution in [3.63, 3.8) is 0 Å². The number of piperidine rings is 1. The van der Waals surface area contributed by atoms with Gasteiger partial charge in [-0.1, -0.05) is 36.4 Å². The number of likely N-dealkylation sites (tertiary alicyclic amines) is 2. The molecule has 10 heteroatoms. The van der Waals surface area contributed by atoms with Crippen molar-refractivity contribution in [2.45, 2.75) is 58.0 Å². The van der Waals surface area contributed by atoms with Gasteiger partial charge in [0.05, 0.1) is 33.0 Å². The second-order valence-corrected chi connectivity index (χ2v) is 11.6. The van der Waals surface area contributed by atoms with Crippen LogP contribution in [0.4, 0.5) is 0 Å². The molecule has 4 aliphatic rings. The Bertz CT molecular complexity index is 1390. The first-order valence-electron chi connectivity index (χ1n) is 14.9. The summed E-state index contributed by atoms with van der Waals surface area (Å²) >= 11 is 0. The van der Waals surface area contributed by atoms with Crippen molar-refractivity contribution in [1.29, 1.82) is 0 Å². The largest absolute Gasteiger partial charge is 0.468 e. The minimum atomic E-state index is -1.27. The summed E-state index contributed by atoms with van der Waals surface area (Å²) in [6.45, 7) is 4.18. The van der Waals surface area contributed by atoms with E-state index in [0.29, 0.717) is 36.9 Å². The lowest BCUT2D eigenvalue weighted by Gasteiger charge is -2.51. The molecule has 2 fully saturated rings. The van der Waals surface area contributed by atoms with Gasteiger partial charge in [-0.2, -0.15) is 0 Å². The Morgan fingerprint density at radius 3 is 2.56 bits per heavy atom. The molecule has 43 heavy (non-hydrogen) atoms. The fourth-order valence-corrected chi connectivity index (χ4v) is 6.71. The van der Waals surface area contributed by atoms with Gasteiger partial charge >= 0.3 is 5.97 Å². The third-order valence-electron chi connectivity index (χ3n) is 8.95. The molecule has 0 saturated carbocycles. The molecule has 2 amide bonds. The molecule has 4 atom stereocenters. The minimum Gasteiger partial charge on any atom is -0.468 e. The molecular weight excluding hydrogens is 552 g/mol. The van der Waals surface area contributed by atoms with Crippen molar-refractivity contribution < 1.29 is 38.1 Å². The van der Waals surface area contributed by atoms with Crippen LogP contribution in [0.15, 0.2) is 60.3 Å². The van der Waals surface area contributed by atoms with Crippen LogP contribution in [0.1, 0.15) is 43.7 Å². The molecule has 0 radical (unpaired) electrons. The molecule has 0 aromatic heterocycles. The monoisotopic (exact) mass is 590 g/mol. The van der Waals surface area contributed by atoms with Crippen LogP contribution >= 0.6 is 0 Å². The SMILES string of the molecule is COC(=O)[C@@]12C[C@H](CC(=O)N3CCCC3)C(=O)N(Cc3ccc4c(c3)OCO4)C1=C[C@@H](COCc1ccccc1)O[C@H]2C. The average molecular weight is 591 g/mol. The number of hydrogen-bond donors (Lipinski definition) is 0. The Hall–Kier alpha value is -3.89. The van der Waals surface area contributed by atoms with E-state index in [-0.39, 0.29) is 44.6 Å². The van der Waals surface area contributed by atoms with Crippen molar-refractivity contribution in [3.8, 4) is 11.5 Å². The van der Waals surface area contributed by atoms with Gasteiger partial charge < -0.3 is 33.5 Å². The Kier molecular flexibility index (Phi) is 8.41. The lowest BCUT2D eigenvalue weighted by molar-refractivity contribution is -0.178. The van der Waals surface area contributed by atoms with Gasteiger partial charge in [0.2, 0.25) is 18.6 Å². The maximum atomic E-state index is 14.3. The normalized spacial score (nSPS) is 26.2. The summed E-state index contributed by atoms with van der Waals surface area (Å²) in [5, 5.41) is 0. The van der Waals surface area contributed by atoms with Crippen LogP contribution in [0, 0.1) is 11.3 Å². The highest BCUT2D eigenvalue weighted by atomic mass is 16.7. The Labute approximate surface area is 251 Å². The summed E-state index contributed by atoms with van der Waals surface area (Å²) in [6.07, 6.45) is 2.75. The van der Waals surface area contributed by atoms with Crippen LogP contribution < -0.4 is 9.47 Å². The predicted molar refractivity (Wildman–Crippen MR) is 155 cm³/mol. The van der Waals surface area contributed by atoms with E-state index in [4.69, 9.17) is 23.7 Å². The van der Waals surface area contributed by atoms with Gasteiger partial charge in [0.15, 0.2) is 11.5 Å². The second kappa shape index (κ2) is 12.4. The highest BCUT2D eigenvalue weighted by Gasteiger charge is 2.59. The number of carbonyl (C=O) groups is 3. The van der Waals surface area contributed by atoms with E-state index >= 15 is 0 Å². The van der Waals surface area contributed by atoms with E-state index in [9.17, 15) is 14.4 Å². The third kappa shape index (κ3) is 5.73. The second-order valence-electron chi connectivity index (χ2n) is 11.6. The predicted octanol–water partition coefficient (Wildman–Crippen LogP) is 3.82. The lowest BCUT2D eigenvalue weighted by Crippen LogP contribution is -2.60. The summed E-state index contributed by atoms with van der Waals surface area (Å²) in [5.74, 6) is -0.228. The first-order valence-corrected chi connectivity index (χ1v) is 14.9. The standard InChI is InChI=1S/C33H38N2O8/c1-22-33(32(38)39-2)17-25(15-30(36)34-12-6-7-13-34)31(37)35(18-24-10-11-27-28(14-24)42-21-41-27)29(33)16-26(43-22)20-40-19-23-8-4-3-5-9-23/h3-5,8-11,14,16,22,25-26H,6-7,12-13,15,17-21H2,1-2H3/t22-,25-,26-,33+/m0/s1. The molecule has 4 heterocycles. The van der Waals surface area contributed by atoms with Crippen LogP contribution in [-0.2, 0) is 41.7 Å². The molecular formula is C33H38N2O8. The molecule has 4 aliphatic heterocycles. The van der Waals surface area contributed by atoms with Crippen molar-refractivity contribution in [2.75, 3.05) is 33.6 Å². The minimum absolute atomic E-state index is 0.0266. The zero-order chi connectivity index (χ0) is 30.0. The number of amides is 2. The average Bonchev–Trinajstić information content (AvgIpc) is 3.73. The molecule has 0 N–H and O–H groups in total. The maximum absolute atomic E-state index is 14.3. The molecule has 2 saturated heterocycles. The number of hydrogen-bond acceptors (Lipinski definition) is 8. The van der Waals surface area contributed by atoms with Gasteiger partial charge in [0.25, 0.3) is 0 Å². The van der Waals surface area contributed by atoms with Crippen molar-refractivity contribution >= 4 is 17.8 Å². The van der Waals surface area contributed by atoms with Crippen LogP contribution in [0.5, 0.6) is 11.5 Å². The van der Waals surface area contributed by atoms with E-state index < -0.39 is 29.5 Å². The summed E-state index contributed by atoms with van der Waals surface area (Å²) < 4.78 is 28.8. The van der Waals surface area contributed by atoms with Crippen LogP contribution in [-0.4, -0.2) is 73.4 Å². The molecule has 0 spiro atoms. The van der Waals surface area contributed by atoms with Crippen LogP contribution in [0.25, 0.3) is 0 Å². The zero-order valence-electron chi connectivity index (χ0n) is 24.7. The molecule has 0 unspecified atom stereocenters. The molecule has 6 rings (SSSR count).